The second-order valence-electron chi connectivity index (χ2n) is 3.52. The molecule has 0 saturated heterocycles. The minimum atomic E-state index is -3.32. The minimum absolute atomic E-state index is 0.331. The van der Waals surface area contributed by atoms with Crippen LogP contribution in [0.25, 0.3) is 6.08 Å². The molecule has 86 valence electrons. The van der Waals surface area contributed by atoms with Gasteiger partial charge in [-0.05, 0) is 25.3 Å². The van der Waals surface area contributed by atoms with Crippen LogP contribution >= 0.6 is 0 Å². The van der Waals surface area contributed by atoms with Crippen molar-refractivity contribution in [3.63, 3.8) is 0 Å². The van der Waals surface area contributed by atoms with Crippen LogP contribution in [0.15, 0.2) is 28.0 Å². The molecule has 0 bridgehead atoms. The van der Waals surface area contributed by atoms with Gasteiger partial charge in [0, 0.05) is 12.1 Å². The van der Waals surface area contributed by atoms with Crippen LogP contribution in [0.1, 0.15) is 5.56 Å². The fraction of sp³-hybridized carbons (Fsp3) is 0.273. The molecular formula is C11H13NO3S. The number of sulfone groups is 1. The number of ether oxygens (including phenoxy) is 1. The summed E-state index contributed by atoms with van der Waals surface area (Å²) in [5.41, 5.74) is 0.648. The van der Waals surface area contributed by atoms with Crippen LogP contribution in [-0.4, -0.2) is 29.1 Å². The van der Waals surface area contributed by atoms with Gasteiger partial charge >= 0.3 is 0 Å². The minimum Gasteiger partial charge on any atom is -0.496 e. The number of hydrogen-bond donors (Lipinski definition) is 1. The number of benzene rings is 1. The Morgan fingerprint density at radius 3 is 2.75 bits per heavy atom. The van der Waals surface area contributed by atoms with Gasteiger partial charge in [-0.25, -0.2) is 8.42 Å². The largest absolute Gasteiger partial charge is 0.496 e. The zero-order valence-electron chi connectivity index (χ0n) is 9.15. The Bertz CT molecular complexity index is 546. The van der Waals surface area contributed by atoms with E-state index >= 15 is 0 Å². The maximum Gasteiger partial charge on any atom is 0.204 e. The van der Waals surface area contributed by atoms with Crippen molar-refractivity contribution in [1.82, 2.24) is 5.32 Å². The molecule has 1 N–H and O–H groups in total. The van der Waals surface area contributed by atoms with E-state index in [-0.39, 0.29) is 0 Å². The zero-order chi connectivity index (χ0) is 11.8. The number of hydrogen-bond acceptors (Lipinski definition) is 4. The summed E-state index contributed by atoms with van der Waals surface area (Å²) < 4.78 is 29.3. The van der Waals surface area contributed by atoms with Crippen LogP contribution in [0, 0.1) is 0 Å². The molecule has 1 aliphatic rings. The van der Waals surface area contributed by atoms with E-state index in [1.807, 2.05) is 0 Å². The molecule has 16 heavy (non-hydrogen) atoms. The Hall–Kier alpha value is -1.33. The van der Waals surface area contributed by atoms with Gasteiger partial charge in [-0.2, -0.15) is 0 Å². The van der Waals surface area contributed by atoms with Crippen molar-refractivity contribution in [2.24, 2.45) is 0 Å². The summed E-state index contributed by atoms with van der Waals surface area (Å²) in [4.78, 5) is 0.714. The van der Waals surface area contributed by atoms with E-state index in [1.54, 1.807) is 31.3 Å². The molecule has 1 aromatic rings. The third kappa shape index (κ3) is 1.52. The lowest BCUT2D eigenvalue weighted by atomic mass is 10.2. The van der Waals surface area contributed by atoms with Crippen molar-refractivity contribution < 1.29 is 13.2 Å². The first-order valence-electron chi connectivity index (χ1n) is 4.88. The van der Waals surface area contributed by atoms with Gasteiger partial charge in [0.1, 0.15) is 5.75 Å². The lowest BCUT2D eigenvalue weighted by Gasteiger charge is -2.05. The Balaban J connectivity index is 2.62. The Morgan fingerprint density at radius 2 is 2.12 bits per heavy atom. The fourth-order valence-corrected chi connectivity index (χ4v) is 3.38. The van der Waals surface area contributed by atoms with Crippen LogP contribution in [0.2, 0.25) is 0 Å². The SMILES string of the molecule is CNCC1=Cc2c(OC)cccc2S1(=O)=O. The molecule has 0 aliphatic carbocycles. The number of rotatable bonds is 3. The highest BCUT2D eigenvalue weighted by Gasteiger charge is 2.30. The number of nitrogens with one attached hydrogen (secondary N) is 1. The number of fused-ring (bicyclic) bond motifs is 1. The molecule has 1 aliphatic heterocycles. The summed E-state index contributed by atoms with van der Waals surface area (Å²) in [7, 11) is -0.0698. The van der Waals surface area contributed by atoms with Gasteiger partial charge in [0.05, 0.1) is 16.9 Å². The molecule has 1 aromatic carbocycles. The normalized spacial score (nSPS) is 16.8. The Kier molecular flexibility index (Phi) is 2.73. The molecule has 0 radical (unpaired) electrons. The molecular weight excluding hydrogens is 226 g/mol. The van der Waals surface area contributed by atoms with Crippen molar-refractivity contribution in [1.29, 1.82) is 0 Å². The fourth-order valence-electron chi connectivity index (χ4n) is 1.78. The summed E-state index contributed by atoms with van der Waals surface area (Å²) in [6.45, 7) is 0.333. The lowest BCUT2D eigenvalue weighted by Crippen LogP contribution is -2.14. The van der Waals surface area contributed by atoms with Crippen LogP contribution in [0.5, 0.6) is 5.75 Å². The first kappa shape index (κ1) is 11.2. The predicted octanol–water partition coefficient (Wildman–Crippen LogP) is 1.04. The van der Waals surface area contributed by atoms with E-state index in [2.05, 4.69) is 5.32 Å². The maximum absolute atomic E-state index is 12.1. The van der Waals surface area contributed by atoms with Crippen molar-refractivity contribution in [3.8, 4) is 5.75 Å². The van der Waals surface area contributed by atoms with Crippen molar-refractivity contribution in [2.45, 2.75) is 4.90 Å². The van der Waals surface area contributed by atoms with E-state index in [0.29, 0.717) is 27.7 Å². The average molecular weight is 239 g/mol. The third-order valence-electron chi connectivity index (χ3n) is 2.54. The van der Waals surface area contributed by atoms with E-state index < -0.39 is 9.84 Å². The van der Waals surface area contributed by atoms with Crippen LogP contribution < -0.4 is 10.1 Å². The topological polar surface area (TPSA) is 55.4 Å². The summed E-state index contributed by atoms with van der Waals surface area (Å²) >= 11 is 0. The molecule has 1 heterocycles. The van der Waals surface area contributed by atoms with Crippen LogP contribution in [0.3, 0.4) is 0 Å². The van der Waals surface area contributed by atoms with Gasteiger partial charge in [-0.1, -0.05) is 6.07 Å². The molecule has 0 unspecified atom stereocenters. The first-order valence-corrected chi connectivity index (χ1v) is 6.37. The second kappa shape index (κ2) is 3.92. The van der Waals surface area contributed by atoms with Gasteiger partial charge < -0.3 is 10.1 Å². The summed E-state index contributed by atoms with van der Waals surface area (Å²) in [6, 6.07) is 5.05. The Labute approximate surface area is 94.8 Å². The van der Waals surface area contributed by atoms with E-state index in [4.69, 9.17) is 4.74 Å². The number of methoxy groups -OCH3 is 1. The average Bonchev–Trinajstić information content (AvgIpc) is 2.52. The standard InChI is InChI=1S/C11H13NO3S/c1-12-7-8-6-9-10(15-2)4-3-5-11(9)16(8,13)14/h3-6,12H,7H2,1-2H3. The lowest BCUT2D eigenvalue weighted by molar-refractivity contribution is 0.412. The van der Waals surface area contributed by atoms with Gasteiger partial charge in [0.25, 0.3) is 0 Å². The quantitative estimate of drug-likeness (QED) is 0.856. The predicted molar refractivity (Wildman–Crippen MR) is 62.1 cm³/mol. The van der Waals surface area contributed by atoms with Crippen molar-refractivity contribution in [3.05, 3.63) is 28.7 Å². The molecule has 0 amide bonds. The molecule has 0 atom stereocenters. The first-order chi connectivity index (χ1) is 7.61. The van der Waals surface area contributed by atoms with E-state index in [9.17, 15) is 8.42 Å². The molecule has 0 fully saturated rings. The summed E-state index contributed by atoms with van der Waals surface area (Å²) in [5.74, 6) is 0.590. The van der Waals surface area contributed by atoms with Crippen molar-refractivity contribution in [2.75, 3.05) is 20.7 Å². The zero-order valence-corrected chi connectivity index (χ0v) is 9.97. The highest BCUT2D eigenvalue weighted by Crippen LogP contribution is 2.37. The van der Waals surface area contributed by atoms with E-state index in [0.717, 1.165) is 0 Å². The third-order valence-corrected chi connectivity index (χ3v) is 4.42. The van der Waals surface area contributed by atoms with Crippen LogP contribution in [-0.2, 0) is 9.84 Å². The molecule has 5 heteroatoms. The Morgan fingerprint density at radius 1 is 1.38 bits per heavy atom. The number of likely N-dealkylation sites (N-methyl/N-ethyl adjacent to an activating group) is 1. The van der Waals surface area contributed by atoms with Gasteiger partial charge in [0.15, 0.2) is 0 Å². The highest BCUT2D eigenvalue weighted by molar-refractivity contribution is 7.95. The van der Waals surface area contributed by atoms with Gasteiger partial charge in [-0.3, -0.25) is 0 Å². The van der Waals surface area contributed by atoms with E-state index in [1.165, 1.54) is 7.11 Å². The maximum atomic E-state index is 12.1. The summed E-state index contributed by atoms with van der Waals surface area (Å²) in [6.07, 6.45) is 1.67. The second-order valence-corrected chi connectivity index (χ2v) is 5.49. The summed E-state index contributed by atoms with van der Waals surface area (Å²) in [5, 5.41) is 2.85. The smallest absolute Gasteiger partial charge is 0.204 e. The van der Waals surface area contributed by atoms with Crippen molar-refractivity contribution >= 4 is 15.9 Å². The monoisotopic (exact) mass is 239 g/mol. The molecule has 0 aromatic heterocycles. The highest BCUT2D eigenvalue weighted by atomic mass is 32.2. The molecule has 0 saturated carbocycles. The van der Waals surface area contributed by atoms with Gasteiger partial charge in [-0.15, -0.1) is 0 Å². The van der Waals surface area contributed by atoms with Gasteiger partial charge in [0.2, 0.25) is 9.84 Å². The molecule has 4 nitrogen and oxygen atoms in total. The molecule has 0 spiro atoms. The molecule has 2 rings (SSSR count). The van der Waals surface area contributed by atoms with Crippen LogP contribution in [0.4, 0.5) is 0 Å².